The monoisotopic (exact) mass is 261 g/mol. The lowest BCUT2D eigenvalue weighted by Crippen LogP contribution is -2.34. The summed E-state index contributed by atoms with van der Waals surface area (Å²) in [5.74, 6) is 0.127. The number of amides is 2. The van der Waals surface area contributed by atoms with E-state index in [4.69, 9.17) is 5.73 Å². The lowest BCUT2D eigenvalue weighted by Gasteiger charge is -2.19. The number of nitrogen functional groups attached to an aromatic ring is 1. The van der Waals surface area contributed by atoms with Gasteiger partial charge in [-0.3, -0.25) is 9.59 Å². The molecule has 1 fully saturated rings. The highest BCUT2D eigenvalue weighted by Gasteiger charge is 2.17. The molecule has 0 spiro atoms. The SMILES string of the molecule is Nc1ccc(CCC(=O)N2CCNC(=O)CC2)cc1. The lowest BCUT2D eigenvalue weighted by atomic mass is 10.1. The van der Waals surface area contributed by atoms with Gasteiger partial charge in [0.25, 0.3) is 0 Å². The first-order chi connectivity index (χ1) is 9.15. The zero-order valence-electron chi connectivity index (χ0n) is 10.9. The molecule has 0 bridgehead atoms. The summed E-state index contributed by atoms with van der Waals surface area (Å²) in [5.41, 5.74) is 7.45. The van der Waals surface area contributed by atoms with Crippen molar-refractivity contribution in [2.45, 2.75) is 19.3 Å². The number of aryl methyl sites for hydroxylation is 1. The highest BCUT2D eigenvalue weighted by molar-refractivity contribution is 5.80. The number of nitrogens with zero attached hydrogens (tertiary/aromatic N) is 1. The van der Waals surface area contributed by atoms with Crippen LogP contribution in [0.2, 0.25) is 0 Å². The number of hydrogen-bond donors (Lipinski definition) is 2. The summed E-state index contributed by atoms with van der Waals surface area (Å²) in [5, 5.41) is 2.76. The molecule has 5 nitrogen and oxygen atoms in total. The van der Waals surface area contributed by atoms with Crippen LogP contribution in [0.4, 0.5) is 5.69 Å². The Balaban J connectivity index is 1.83. The van der Waals surface area contributed by atoms with Crippen molar-refractivity contribution < 1.29 is 9.59 Å². The van der Waals surface area contributed by atoms with E-state index >= 15 is 0 Å². The summed E-state index contributed by atoms with van der Waals surface area (Å²) in [7, 11) is 0. The molecule has 1 aliphatic rings. The Labute approximate surface area is 112 Å². The number of nitrogens with one attached hydrogen (secondary N) is 1. The fourth-order valence-electron chi connectivity index (χ4n) is 2.11. The van der Waals surface area contributed by atoms with Gasteiger partial charge in [0.05, 0.1) is 0 Å². The van der Waals surface area contributed by atoms with Gasteiger partial charge in [0.15, 0.2) is 0 Å². The molecule has 0 unspecified atom stereocenters. The van der Waals surface area contributed by atoms with E-state index in [1.807, 2.05) is 24.3 Å². The van der Waals surface area contributed by atoms with Gasteiger partial charge in [0.2, 0.25) is 11.8 Å². The summed E-state index contributed by atoms with van der Waals surface area (Å²) in [6.45, 7) is 1.67. The molecule has 0 radical (unpaired) electrons. The molecule has 1 aliphatic heterocycles. The summed E-state index contributed by atoms with van der Waals surface area (Å²) >= 11 is 0. The summed E-state index contributed by atoms with van der Waals surface area (Å²) in [6.07, 6.45) is 1.57. The molecule has 2 amide bonds. The number of carbonyl (C=O) groups is 2. The van der Waals surface area contributed by atoms with E-state index in [1.165, 1.54) is 0 Å². The van der Waals surface area contributed by atoms with Gasteiger partial charge in [0.1, 0.15) is 0 Å². The third kappa shape index (κ3) is 3.98. The molecule has 102 valence electrons. The summed E-state index contributed by atoms with van der Waals surface area (Å²) in [4.78, 5) is 25.0. The third-order valence-corrected chi connectivity index (χ3v) is 3.27. The van der Waals surface area contributed by atoms with Crippen molar-refractivity contribution in [2.75, 3.05) is 25.4 Å². The average molecular weight is 261 g/mol. The van der Waals surface area contributed by atoms with Crippen LogP contribution in [0, 0.1) is 0 Å². The lowest BCUT2D eigenvalue weighted by molar-refractivity contribution is -0.131. The van der Waals surface area contributed by atoms with Crippen molar-refractivity contribution in [1.82, 2.24) is 10.2 Å². The van der Waals surface area contributed by atoms with Crippen LogP contribution >= 0.6 is 0 Å². The average Bonchev–Trinajstić information content (AvgIpc) is 2.63. The van der Waals surface area contributed by atoms with E-state index in [0.717, 1.165) is 11.3 Å². The Morgan fingerprint density at radius 1 is 1.26 bits per heavy atom. The highest BCUT2D eigenvalue weighted by atomic mass is 16.2. The maximum atomic E-state index is 12.1. The predicted octanol–water partition coefficient (Wildman–Crippen LogP) is 0.550. The van der Waals surface area contributed by atoms with Crippen molar-refractivity contribution in [2.24, 2.45) is 0 Å². The number of benzene rings is 1. The van der Waals surface area contributed by atoms with Gasteiger partial charge in [-0.15, -0.1) is 0 Å². The smallest absolute Gasteiger partial charge is 0.222 e. The van der Waals surface area contributed by atoms with Gasteiger partial charge in [-0.2, -0.15) is 0 Å². The standard InChI is InChI=1S/C14H19N3O2/c15-12-4-1-11(2-5-12)3-6-14(19)17-9-7-13(18)16-8-10-17/h1-2,4-5H,3,6-10,15H2,(H,16,18). The van der Waals surface area contributed by atoms with Crippen LogP contribution < -0.4 is 11.1 Å². The second kappa shape index (κ2) is 6.22. The molecule has 0 saturated carbocycles. The van der Waals surface area contributed by atoms with Crippen molar-refractivity contribution in [3.05, 3.63) is 29.8 Å². The second-order valence-electron chi connectivity index (χ2n) is 4.72. The van der Waals surface area contributed by atoms with Crippen molar-refractivity contribution in [1.29, 1.82) is 0 Å². The quantitative estimate of drug-likeness (QED) is 0.780. The van der Waals surface area contributed by atoms with Crippen molar-refractivity contribution >= 4 is 17.5 Å². The summed E-state index contributed by atoms with van der Waals surface area (Å²) < 4.78 is 0. The predicted molar refractivity (Wildman–Crippen MR) is 73.4 cm³/mol. The molecule has 19 heavy (non-hydrogen) atoms. The van der Waals surface area contributed by atoms with Crippen LogP contribution in [0.15, 0.2) is 24.3 Å². The van der Waals surface area contributed by atoms with Crippen molar-refractivity contribution in [3.8, 4) is 0 Å². The maximum Gasteiger partial charge on any atom is 0.222 e. The Bertz CT molecular complexity index is 456. The first-order valence-corrected chi connectivity index (χ1v) is 6.54. The first-order valence-electron chi connectivity index (χ1n) is 6.54. The van der Waals surface area contributed by atoms with E-state index in [9.17, 15) is 9.59 Å². The highest BCUT2D eigenvalue weighted by Crippen LogP contribution is 2.09. The van der Waals surface area contributed by atoms with E-state index in [2.05, 4.69) is 5.32 Å². The van der Waals surface area contributed by atoms with Gasteiger partial charge in [0, 0.05) is 38.2 Å². The Morgan fingerprint density at radius 3 is 2.74 bits per heavy atom. The van der Waals surface area contributed by atoms with Gasteiger partial charge in [-0.05, 0) is 24.1 Å². The van der Waals surface area contributed by atoms with Crippen LogP contribution in [0.25, 0.3) is 0 Å². The Hall–Kier alpha value is -2.04. The van der Waals surface area contributed by atoms with E-state index in [1.54, 1.807) is 4.90 Å². The molecular formula is C14H19N3O2. The topological polar surface area (TPSA) is 75.4 Å². The fraction of sp³-hybridized carbons (Fsp3) is 0.429. The fourth-order valence-corrected chi connectivity index (χ4v) is 2.11. The molecule has 0 atom stereocenters. The van der Waals surface area contributed by atoms with Crippen LogP contribution in [0.3, 0.4) is 0 Å². The normalized spacial score (nSPS) is 15.8. The van der Waals surface area contributed by atoms with Crippen LogP contribution in [-0.2, 0) is 16.0 Å². The van der Waals surface area contributed by atoms with Crippen LogP contribution in [0.1, 0.15) is 18.4 Å². The minimum atomic E-state index is 0.0221. The van der Waals surface area contributed by atoms with E-state index < -0.39 is 0 Å². The number of rotatable bonds is 3. The van der Waals surface area contributed by atoms with Gasteiger partial charge < -0.3 is 16.0 Å². The van der Waals surface area contributed by atoms with Gasteiger partial charge in [-0.1, -0.05) is 12.1 Å². The summed E-state index contributed by atoms with van der Waals surface area (Å²) in [6, 6.07) is 7.56. The minimum absolute atomic E-state index is 0.0221. The Kier molecular flexibility index (Phi) is 4.39. The number of carbonyl (C=O) groups excluding carboxylic acids is 2. The molecule has 1 aromatic rings. The second-order valence-corrected chi connectivity index (χ2v) is 4.72. The van der Waals surface area contributed by atoms with E-state index in [0.29, 0.717) is 38.9 Å². The van der Waals surface area contributed by atoms with Crippen LogP contribution in [0.5, 0.6) is 0 Å². The van der Waals surface area contributed by atoms with Gasteiger partial charge in [-0.25, -0.2) is 0 Å². The molecule has 5 heteroatoms. The molecule has 1 heterocycles. The van der Waals surface area contributed by atoms with Crippen molar-refractivity contribution in [3.63, 3.8) is 0 Å². The molecule has 0 aromatic heterocycles. The molecule has 1 saturated heterocycles. The molecule has 3 N–H and O–H groups in total. The Morgan fingerprint density at radius 2 is 2.00 bits per heavy atom. The number of nitrogens with two attached hydrogens (primary N) is 1. The first kappa shape index (κ1) is 13.4. The third-order valence-electron chi connectivity index (χ3n) is 3.27. The molecule has 2 rings (SSSR count). The van der Waals surface area contributed by atoms with Crippen LogP contribution in [-0.4, -0.2) is 36.3 Å². The number of anilines is 1. The van der Waals surface area contributed by atoms with E-state index in [-0.39, 0.29) is 11.8 Å². The largest absolute Gasteiger partial charge is 0.399 e. The van der Waals surface area contributed by atoms with Gasteiger partial charge >= 0.3 is 0 Å². The molecule has 1 aromatic carbocycles. The molecule has 0 aliphatic carbocycles. The number of hydrogen-bond acceptors (Lipinski definition) is 3. The maximum absolute atomic E-state index is 12.1. The molecular weight excluding hydrogens is 242 g/mol. The zero-order chi connectivity index (χ0) is 13.7. The minimum Gasteiger partial charge on any atom is -0.399 e. The zero-order valence-corrected chi connectivity index (χ0v) is 10.9.